The van der Waals surface area contributed by atoms with Crippen LogP contribution in [0.3, 0.4) is 0 Å². The van der Waals surface area contributed by atoms with Crippen LogP contribution in [0.25, 0.3) is 11.3 Å². The van der Waals surface area contributed by atoms with Gasteiger partial charge >= 0.3 is 0 Å². The maximum absolute atomic E-state index is 4.64. The summed E-state index contributed by atoms with van der Waals surface area (Å²) in [5.74, 6) is 2.33. The monoisotopic (exact) mass is 334 g/mol. The van der Waals surface area contributed by atoms with E-state index in [-0.39, 0.29) is 0 Å². The van der Waals surface area contributed by atoms with Gasteiger partial charge in [0.05, 0.1) is 5.69 Å². The molecule has 0 bridgehead atoms. The zero-order valence-electron chi connectivity index (χ0n) is 13.9. The van der Waals surface area contributed by atoms with Crippen LogP contribution in [-0.4, -0.2) is 47.5 Å². The molecule has 0 amide bonds. The lowest BCUT2D eigenvalue weighted by Gasteiger charge is -2.31. The molecule has 0 radical (unpaired) electrons. The minimum absolute atomic E-state index is 0.373. The average molecular weight is 334 g/mol. The van der Waals surface area contributed by atoms with Crippen molar-refractivity contribution in [1.29, 1.82) is 0 Å². The van der Waals surface area contributed by atoms with E-state index in [4.69, 9.17) is 0 Å². The predicted octanol–water partition coefficient (Wildman–Crippen LogP) is 1.86. The summed E-state index contributed by atoms with van der Waals surface area (Å²) in [4.78, 5) is 6.56. The third-order valence-electron chi connectivity index (χ3n) is 4.85. The molecule has 5 heterocycles. The van der Waals surface area contributed by atoms with Crippen molar-refractivity contribution in [2.24, 2.45) is 0 Å². The van der Waals surface area contributed by atoms with Crippen LogP contribution in [0.4, 0.5) is 5.82 Å². The molecule has 0 aliphatic carbocycles. The molecule has 25 heavy (non-hydrogen) atoms. The second kappa shape index (κ2) is 5.51. The second-order valence-electron chi connectivity index (χ2n) is 6.49. The lowest BCUT2D eigenvalue weighted by molar-refractivity contribution is 0.473. The standard InChI is InChI=1S/C17H18N8/c1-12-2-3-15-19-20-17(25(15)21-12)13-6-9-23(10-7-13)16-5-4-14-18-8-11-24(14)22-16/h2-5,8,11,13H,6-7,9-10H2,1H3. The Balaban J connectivity index is 1.37. The second-order valence-corrected chi connectivity index (χ2v) is 6.49. The molecule has 8 heteroatoms. The number of rotatable bonds is 2. The van der Waals surface area contributed by atoms with Crippen LogP contribution in [0.2, 0.25) is 0 Å². The van der Waals surface area contributed by atoms with E-state index in [2.05, 4.69) is 30.3 Å². The molecule has 0 spiro atoms. The topological polar surface area (TPSA) is 76.5 Å². The molecular formula is C17H18N8. The van der Waals surface area contributed by atoms with Gasteiger partial charge in [0.2, 0.25) is 0 Å². The molecule has 1 saturated heterocycles. The van der Waals surface area contributed by atoms with E-state index in [1.54, 1.807) is 6.20 Å². The van der Waals surface area contributed by atoms with Crippen LogP contribution in [-0.2, 0) is 0 Å². The van der Waals surface area contributed by atoms with Gasteiger partial charge in [0.15, 0.2) is 17.1 Å². The Morgan fingerprint density at radius 3 is 2.68 bits per heavy atom. The average Bonchev–Trinajstić information content (AvgIpc) is 3.27. The number of aromatic nitrogens is 7. The molecule has 1 aliphatic heterocycles. The molecule has 0 unspecified atom stereocenters. The first-order chi connectivity index (χ1) is 12.3. The number of nitrogens with zero attached hydrogens (tertiary/aromatic N) is 8. The van der Waals surface area contributed by atoms with Crippen LogP contribution < -0.4 is 4.90 Å². The van der Waals surface area contributed by atoms with E-state index in [1.807, 2.05) is 46.4 Å². The van der Waals surface area contributed by atoms with Crippen LogP contribution >= 0.6 is 0 Å². The summed E-state index contributed by atoms with van der Waals surface area (Å²) >= 11 is 0. The van der Waals surface area contributed by atoms with Gasteiger partial charge in [-0.15, -0.1) is 15.3 Å². The summed E-state index contributed by atoms with van der Waals surface area (Å²) in [7, 11) is 0. The molecule has 5 rings (SSSR count). The summed E-state index contributed by atoms with van der Waals surface area (Å²) in [6.07, 6.45) is 5.67. The van der Waals surface area contributed by atoms with E-state index in [0.29, 0.717) is 5.92 Å². The summed E-state index contributed by atoms with van der Waals surface area (Å²) < 4.78 is 3.71. The summed E-state index contributed by atoms with van der Waals surface area (Å²) in [6.45, 7) is 3.88. The Bertz CT molecular complexity index is 1040. The van der Waals surface area contributed by atoms with Crippen molar-refractivity contribution in [2.75, 3.05) is 18.0 Å². The fourth-order valence-corrected chi connectivity index (χ4v) is 3.49. The maximum Gasteiger partial charge on any atom is 0.177 e. The van der Waals surface area contributed by atoms with Crippen LogP contribution in [0, 0.1) is 6.92 Å². The minimum Gasteiger partial charge on any atom is -0.355 e. The zero-order valence-corrected chi connectivity index (χ0v) is 13.9. The number of hydrogen-bond acceptors (Lipinski definition) is 6. The number of aryl methyl sites for hydroxylation is 1. The lowest BCUT2D eigenvalue weighted by Crippen LogP contribution is -2.34. The van der Waals surface area contributed by atoms with Crippen molar-refractivity contribution in [3.8, 4) is 0 Å². The van der Waals surface area contributed by atoms with Crippen LogP contribution in [0.15, 0.2) is 36.7 Å². The Labute approximate surface area is 144 Å². The molecule has 0 atom stereocenters. The molecule has 0 N–H and O–H groups in total. The third-order valence-corrected chi connectivity index (χ3v) is 4.85. The summed E-state index contributed by atoms with van der Waals surface area (Å²) in [5, 5.41) is 17.9. The Morgan fingerprint density at radius 2 is 1.80 bits per heavy atom. The molecule has 0 saturated carbocycles. The predicted molar refractivity (Wildman–Crippen MR) is 92.7 cm³/mol. The quantitative estimate of drug-likeness (QED) is 0.557. The van der Waals surface area contributed by atoms with Gasteiger partial charge < -0.3 is 4.90 Å². The first-order valence-corrected chi connectivity index (χ1v) is 8.52. The molecule has 1 aliphatic rings. The van der Waals surface area contributed by atoms with Gasteiger partial charge in [-0.1, -0.05) is 0 Å². The summed E-state index contributed by atoms with van der Waals surface area (Å²) in [6, 6.07) is 7.99. The molecule has 0 aromatic carbocycles. The van der Waals surface area contributed by atoms with Gasteiger partial charge in [0, 0.05) is 31.4 Å². The van der Waals surface area contributed by atoms with Crippen molar-refractivity contribution >= 4 is 17.1 Å². The number of piperidine rings is 1. The molecule has 126 valence electrons. The van der Waals surface area contributed by atoms with Crippen LogP contribution in [0.1, 0.15) is 30.3 Å². The van der Waals surface area contributed by atoms with Crippen molar-refractivity contribution in [3.63, 3.8) is 0 Å². The van der Waals surface area contributed by atoms with Crippen molar-refractivity contribution in [3.05, 3.63) is 48.2 Å². The highest BCUT2D eigenvalue weighted by atomic mass is 15.4. The largest absolute Gasteiger partial charge is 0.355 e. The zero-order chi connectivity index (χ0) is 16.8. The highest BCUT2D eigenvalue weighted by Crippen LogP contribution is 2.28. The fourth-order valence-electron chi connectivity index (χ4n) is 3.49. The Kier molecular flexibility index (Phi) is 3.16. The third kappa shape index (κ3) is 2.41. The molecular weight excluding hydrogens is 316 g/mol. The highest BCUT2D eigenvalue weighted by Gasteiger charge is 2.26. The SMILES string of the molecule is Cc1ccc2nnc(C3CCN(c4ccc5nccn5n4)CC3)n2n1. The van der Waals surface area contributed by atoms with Crippen LogP contribution in [0.5, 0.6) is 0 Å². The molecule has 4 aromatic rings. The minimum atomic E-state index is 0.373. The number of imidazole rings is 1. The smallest absolute Gasteiger partial charge is 0.177 e. The van der Waals surface area contributed by atoms with Crippen molar-refractivity contribution in [1.82, 2.24) is 34.4 Å². The van der Waals surface area contributed by atoms with Gasteiger partial charge in [-0.3, -0.25) is 0 Å². The molecule has 1 fully saturated rings. The van der Waals surface area contributed by atoms with E-state index in [1.165, 1.54) is 0 Å². The number of anilines is 1. The van der Waals surface area contributed by atoms with E-state index in [9.17, 15) is 0 Å². The van der Waals surface area contributed by atoms with Crippen molar-refractivity contribution in [2.45, 2.75) is 25.7 Å². The van der Waals surface area contributed by atoms with Gasteiger partial charge in [-0.25, -0.2) is 9.50 Å². The molecule has 8 nitrogen and oxygen atoms in total. The first-order valence-electron chi connectivity index (χ1n) is 8.52. The first kappa shape index (κ1) is 14.3. The number of fused-ring (bicyclic) bond motifs is 2. The van der Waals surface area contributed by atoms with E-state index in [0.717, 1.165) is 54.6 Å². The van der Waals surface area contributed by atoms with Gasteiger partial charge in [-0.2, -0.15) is 9.61 Å². The maximum atomic E-state index is 4.64. The highest BCUT2D eigenvalue weighted by molar-refractivity contribution is 5.46. The van der Waals surface area contributed by atoms with E-state index < -0.39 is 0 Å². The Hall–Kier alpha value is -3.03. The van der Waals surface area contributed by atoms with Gasteiger partial charge in [0.25, 0.3) is 0 Å². The normalized spacial score (nSPS) is 16.1. The van der Waals surface area contributed by atoms with E-state index >= 15 is 0 Å². The fraction of sp³-hybridized carbons (Fsp3) is 0.353. The molecule has 4 aromatic heterocycles. The summed E-state index contributed by atoms with van der Waals surface area (Å²) in [5.41, 5.74) is 2.66. The van der Waals surface area contributed by atoms with Crippen molar-refractivity contribution < 1.29 is 0 Å². The Morgan fingerprint density at radius 1 is 0.960 bits per heavy atom. The van der Waals surface area contributed by atoms with Gasteiger partial charge in [-0.05, 0) is 44.0 Å². The lowest BCUT2D eigenvalue weighted by atomic mass is 9.96. The van der Waals surface area contributed by atoms with Gasteiger partial charge in [0.1, 0.15) is 5.82 Å². The number of hydrogen-bond donors (Lipinski definition) is 0.